The highest BCUT2D eigenvalue weighted by molar-refractivity contribution is 7.09. The van der Waals surface area contributed by atoms with Gasteiger partial charge in [0.1, 0.15) is 0 Å². The lowest BCUT2D eigenvalue weighted by atomic mass is 10.1. The quantitative estimate of drug-likeness (QED) is 0.782. The molecular weight excluding hydrogens is 196 g/mol. The first-order chi connectivity index (χ1) is 6.77. The number of hydrogen-bond acceptors (Lipinski definition) is 4. The predicted octanol–water partition coefficient (Wildman–Crippen LogP) is 1.70. The van der Waals surface area contributed by atoms with Crippen LogP contribution in [0.5, 0.6) is 0 Å². The molecule has 0 saturated heterocycles. The van der Waals surface area contributed by atoms with Crippen LogP contribution in [0.1, 0.15) is 18.7 Å². The minimum atomic E-state index is 0.243. The lowest BCUT2D eigenvalue weighted by molar-refractivity contribution is 0.0498. The van der Waals surface area contributed by atoms with Gasteiger partial charge in [0.15, 0.2) is 0 Å². The number of nitrogens with zero attached hydrogens (tertiary/aromatic N) is 1. The van der Waals surface area contributed by atoms with Crippen molar-refractivity contribution >= 4 is 11.3 Å². The summed E-state index contributed by atoms with van der Waals surface area (Å²) in [5.74, 6) is 0. The zero-order valence-electron chi connectivity index (χ0n) is 8.99. The van der Waals surface area contributed by atoms with Crippen LogP contribution >= 0.6 is 11.3 Å². The molecule has 14 heavy (non-hydrogen) atoms. The van der Waals surface area contributed by atoms with Gasteiger partial charge in [0, 0.05) is 30.1 Å². The standard InChI is InChI=1S/C10H18N2OS/c1-4-13-8(2)10(11-3)5-9-6-12-7-14-9/h6-8,10-11H,4-5H2,1-3H3. The van der Waals surface area contributed by atoms with Gasteiger partial charge in [0.25, 0.3) is 0 Å². The summed E-state index contributed by atoms with van der Waals surface area (Å²) >= 11 is 1.70. The number of thiazole rings is 1. The maximum Gasteiger partial charge on any atom is 0.0794 e. The summed E-state index contributed by atoms with van der Waals surface area (Å²) in [5, 5.41) is 3.28. The fourth-order valence-corrected chi connectivity index (χ4v) is 2.10. The van der Waals surface area contributed by atoms with Crippen molar-refractivity contribution in [2.75, 3.05) is 13.7 Å². The largest absolute Gasteiger partial charge is 0.377 e. The van der Waals surface area contributed by atoms with E-state index in [0.29, 0.717) is 6.04 Å². The first-order valence-corrected chi connectivity index (χ1v) is 5.82. The summed E-state index contributed by atoms with van der Waals surface area (Å²) in [6.07, 6.45) is 3.16. The summed E-state index contributed by atoms with van der Waals surface area (Å²) in [6.45, 7) is 4.89. The molecular formula is C10H18N2OS. The van der Waals surface area contributed by atoms with Gasteiger partial charge >= 0.3 is 0 Å². The van der Waals surface area contributed by atoms with Crippen LogP contribution in [0.25, 0.3) is 0 Å². The van der Waals surface area contributed by atoms with E-state index in [2.05, 4.69) is 17.2 Å². The lowest BCUT2D eigenvalue weighted by Crippen LogP contribution is -2.39. The highest BCUT2D eigenvalue weighted by Crippen LogP contribution is 2.11. The molecule has 1 aromatic heterocycles. The van der Waals surface area contributed by atoms with E-state index in [1.165, 1.54) is 4.88 Å². The Morgan fingerprint density at radius 1 is 1.64 bits per heavy atom. The van der Waals surface area contributed by atoms with Gasteiger partial charge < -0.3 is 10.1 Å². The Bertz CT molecular complexity index is 238. The van der Waals surface area contributed by atoms with Crippen molar-refractivity contribution in [1.29, 1.82) is 0 Å². The number of rotatable bonds is 6. The smallest absolute Gasteiger partial charge is 0.0794 e. The first-order valence-electron chi connectivity index (χ1n) is 4.94. The van der Waals surface area contributed by atoms with Crippen LogP contribution in [0.2, 0.25) is 0 Å². The molecule has 2 unspecified atom stereocenters. The third-order valence-electron chi connectivity index (χ3n) is 2.27. The Kier molecular flexibility index (Phi) is 5.07. The van der Waals surface area contributed by atoms with Crippen LogP contribution in [0, 0.1) is 0 Å². The van der Waals surface area contributed by atoms with E-state index in [-0.39, 0.29) is 6.10 Å². The molecule has 80 valence electrons. The predicted molar refractivity (Wildman–Crippen MR) is 59.8 cm³/mol. The maximum atomic E-state index is 5.57. The van der Waals surface area contributed by atoms with E-state index >= 15 is 0 Å². The van der Waals surface area contributed by atoms with Crippen LogP contribution in [0.4, 0.5) is 0 Å². The molecule has 3 nitrogen and oxygen atoms in total. The summed E-state index contributed by atoms with van der Waals surface area (Å²) in [5.41, 5.74) is 1.87. The van der Waals surface area contributed by atoms with Crippen LogP contribution in [-0.4, -0.2) is 30.8 Å². The molecule has 0 bridgehead atoms. The molecule has 1 rings (SSSR count). The third kappa shape index (κ3) is 3.36. The lowest BCUT2D eigenvalue weighted by Gasteiger charge is -2.22. The van der Waals surface area contributed by atoms with E-state index in [0.717, 1.165) is 13.0 Å². The molecule has 1 aromatic rings. The average Bonchev–Trinajstić information content (AvgIpc) is 2.66. The third-order valence-corrected chi connectivity index (χ3v) is 3.07. The molecule has 0 spiro atoms. The van der Waals surface area contributed by atoms with Crippen LogP contribution in [-0.2, 0) is 11.2 Å². The SMILES string of the molecule is CCOC(C)C(Cc1cncs1)NC. The molecule has 1 heterocycles. The molecule has 0 aliphatic heterocycles. The van der Waals surface area contributed by atoms with Gasteiger partial charge in [0.05, 0.1) is 11.6 Å². The van der Waals surface area contributed by atoms with Crippen molar-refractivity contribution in [3.63, 3.8) is 0 Å². The second-order valence-electron chi connectivity index (χ2n) is 3.23. The number of ether oxygens (including phenoxy) is 1. The van der Waals surface area contributed by atoms with Gasteiger partial charge in [-0.05, 0) is 20.9 Å². The Balaban J connectivity index is 2.46. The van der Waals surface area contributed by atoms with Crippen molar-refractivity contribution in [1.82, 2.24) is 10.3 Å². The van der Waals surface area contributed by atoms with Crippen molar-refractivity contribution in [3.8, 4) is 0 Å². The average molecular weight is 214 g/mol. The maximum absolute atomic E-state index is 5.57. The molecule has 0 aliphatic rings. The highest BCUT2D eigenvalue weighted by Gasteiger charge is 2.16. The fourth-order valence-electron chi connectivity index (χ4n) is 1.44. The van der Waals surface area contributed by atoms with Crippen LogP contribution in [0.15, 0.2) is 11.7 Å². The number of hydrogen-bond donors (Lipinski definition) is 1. The monoisotopic (exact) mass is 214 g/mol. The van der Waals surface area contributed by atoms with Gasteiger partial charge in [-0.1, -0.05) is 0 Å². The highest BCUT2D eigenvalue weighted by atomic mass is 32.1. The summed E-state index contributed by atoms with van der Waals surface area (Å²) in [4.78, 5) is 5.37. The van der Waals surface area contributed by atoms with Gasteiger partial charge in [0.2, 0.25) is 0 Å². The topological polar surface area (TPSA) is 34.1 Å². The zero-order valence-corrected chi connectivity index (χ0v) is 9.80. The van der Waals surface area contributed by atoms with Gasteiger partial charge in [-0.15, -0.1) is 11.3 Å². The Morgan fingerprint density at radius 2 is 2.43 bits per heavy atom. The zero-order chi connectivity index (χ0) is 10.4. The van der Waals surface area contributed by atoms with E-state index in [9.17, 15) is 0 Å². The summed E-state index contributed by atoms with van der Waals surface area (Å²) < 4.78 is 5.57. The molecule has 1 N–H and O–H groups in total. The van der Waals surface area contributed by atoms with Crippen molar-refractivity contribution in [2.24, 2.45) is 0 Å². The second kappa shape index (κ2) is 6.11. The van der Waals surface area contributed by atoms with Gasteiger partial charge in [-0.3, -0.25) is 4.98 Å². The first kappa shape index (κ1) is 11.6. The van der Waals surface area contributed by atoms with E-state index < -0.39 is 0 Å². The number of likely N-dealkylation sites (N-methyl/N-ethyl adjacent to an activating group) is 1. The number of aromatic nitrogens is 1. The van der Waals surface area contributed by atoms with E-state index in [1.807, 2.05) is 25.7 Å². The molecule has 2 atom stereocenters. The Hall–Kier alpha value is -0.450. The van der Waals surface area contributed by atoms with Crippen molar-refractivity contribution in [3.05, 3.63) is 16.6 Å². The minimum Gasteiger partial charge on any atom is -0.377 e. The van der Waals surface area contributed by atoms with Crippen LogP contribution in [0.3, 0.4) is 0 Å². The van der Waals surface area contributed by atoms with Crippen molar-refractivity contribution in [2.45, 2.75) is 32.4 Å². The van der Waals surface area contributed by atoms with Gasteiger partial charge in [-0.2, -0.15) is 0 Å². The molecule has 4 heteroatoms. The molecule has 0 aromatic carbocycles. The molecule has 0 saturated carbocycles. The number of nitrogens with one attached hydrogen (secondary N) is 1. The molecule has 0 amide bonds. The molecule has 0 fully saturated rings. The molecule has 0 aliphatic carbocycles. The normalized spacial score (nSPS) is 15.4. The minimum absolute atomic E-state index is 0.243. The summed E-state index contributed by atoms with van der Waals surface area (Å²) in [7, 11) is 1.97. The van der Waals surface area contributed by atoms with Crippen LogP contribution < -0.4 is 5.32 Å². The van der Waals surface area contributed by atoms with E-state index in [1.54, 1.807) is 11.3 Å². The molecule has 0 radical (unpaired) electrons. The Labute approximate surface area is 89.5 Å². The van der Waals surface area contributed by atoms with Crippen molar-refractivity contribution < 1.29 is 4.74 Å². The summed E-state index contributed by atoms with van der Waals surface area (Å²) in [6, 6.07) is 0.371. The van der Waals surface area contributed by atoms with E-state index in [4.69, 9.17) is 4.74 Å². The Morgan fingerprint density at radius 3 is 2.93 bits per heavy atom. The van der Waals surface area contributed by atoms with Gasteiger partial charge in [-0.25, -0.2) is 0 Å². The second-order valence-corrected chi connectivity index (χ2v) is 4.20. The fraction of sp³-hybridized carbons (Fsp3) is 0.700.